The summed E-state index contributed by atoms with van der Waals surface area (Å²) in [5.41, 5.74) is 0.276. The third kappa shape index (κ3) is 5.18. The van der Waals surface area contributed by atoms with Crippen LogP contribution in [0.4, 0.5) is 5.69 Å². The van der Waals surface area contributed by atoms with Crippen molar-refractivity contribution in [2.45, 2.75) is 24.2 Å². The molecule has 2 N–H and O–H groups in total. The zero-order valence-corrected chi connectivity index (χ0v) is 12.1. The number of aliphatic hydroxyl groups excluding tert-OH is 1. The minimum atomic E-state index is -3.34. The lowest BCUT2D eigenvalue weighted by Crippen LogP contribution is -2.12. The number of anilines is 1. The number of carbonyl (C=O) groups is 1. The fourth-order valence-electron chi connectivity index (χ4n) is 1.44. The molecule has 0 heterocycles. The van der Waals surface area contributed by atoms with Crippen molar-refractivity contribution in [2.75, 3.05) is 18.2 Å². The minimum Gasteiger partial charge on any atom is -0.396 e. The normalized spacial score (nSPS) is 11.3. The van der Waals surface area contributed by atoms with Gasteiger partial charge in [-0.25, -0.2) is 8.42 Å². The van der Waals surface area contributed by atoms with Crippen molar-refractivity contribution < 1.29 is 18.3 Å². The summed E-state index contributed by atoms with van der Waals surface area (Å²) in [5.74, 6) is -0.263. The summed E-state index contributed by atoms with van der Waals surface area (Å²) in [6.45, 7) is 0.0393. The minimum absolute atomic E-state index is 0.0393. The van der Waals surface area contributed by atoms with E-state index in [2.05, 4.69) is 5.32 Å². The van der Waals surface area contributed by atoms with Gasteiger partial charge in [0.25, 0.3) is 0 Å². The second kappa shape index (κ2) is 6.88. The lowest BCUT2D eigenvalue weighted by molar-refractivity contribution is -0.116. The zero-order valence-electron chi connectivity index (χ0n) is 10.5. The molecular weight excluding hydrogens is 290 g/mol. The van der Waals surface area contributed by atoms with E-state index < -0.39 is 9.84 Å². The molecule has 1 amide bonds. The topological polar surface area (TPSA) is 83.5 Å². The number of halogens is 1. The number of hydrogen-bond acceptors (Lipinski definition) is 4. The van der Waals surface area contributed by atoms with E-state index in [1.807, 2.05) is 0 Å². The Bertz CT molecular complexity index is 557. The van der Waals surface area contributed by atoms with Gasteiger partial charge in [-0.3, -0.25) is 4.79 Å². The van der Waals surface area contributed by atoms with Crippen molar-refractivity contribution in [3.8, 4) is 0 Å². The number of hydrogen-bond donors (Lipinski definition) is 2. The van der Waals surface area contributed by atoms with Gasteiger partial charge in [-0.05, 0) is 31.0 Å². The molecule has 0 atom stereocenters. The predicted molar refractivity (Wildman–Crippen MR) is 74.1 cm³/mol. The van der Waals surface area contributed by atoms with Crippen LogP contribution < -0.4 is 5.32 Å². The van der Waals surface area contributed by atoms with E-state index in [1.54, 1.807) is 0 Å². The number of rotatable bonds is 6. The first kappa shape index (κ1) is 15.9. The second-order valence-electron chi connectivity index (χ2n) is 4.14. The predicted octanol–water partition coefficient (Wildman–Crippen LogP) is 1.84. The van der Waals surface area contributed by atoms with Crippen LogP contribution in [0.25, 0.3) is 0 Å². The largest absolute Gasteiger partial charge is 0.396 e. The quantitative estimate of drug-likeness (QED) is 0.786. The lowest BCUT2D eigenvalue weighted by Gasteiger charge is -2.08. The number of sulfone groups is 1. The molecule has 0 fully saturated rings. The Labute approximate surface area is 117 Å². The molecule has 0 aromatic heterocycles. The molecule has 0 aliphatic rings. The molecule has 1 aromatic rings. The smallest absolute Gasteiger partial charge is 0.224 e. The number of unbranched alkanes of at least 4 members (excludes halogenated alkanes) is 1. The number of amides is 1. The lowest BCUT2D eigenvalue weighted by atomic mass is 10.2. The highest BCUT2D eigenvalue weighted by molar-refractivity contribution is 7.90. The van der Waals surface area contributed by atoms with Crippen molar-refractivity contribution in [1.82, 2.24) is 0 Å². The van der Waals surface area contributed by atoms with Gasteiger partial charge in [0, 0.05) is 19.3 Å². The summed E-state index contributed by atoms with van der Waals surface area (Å²) in [4.78, 5) is 11.7. The Hall–Kier alpha value is -1.11. The highest BCUT2D eigenvalue weighted by Crippen LogP contribution is 2.25. The van der Waals surface area contributed by atoms with Gasteiger partial charge < -0.3 is 10.4 Å². The molecule has 0 unspecified atom stereocenters. The van der Waals surface area contributed by atoms with Crippen LogP contribution in [0.2, 0.25) is 5.02 Å². The number of carbonyl (C=O) groups excluding carboxylic acids is 1. The molecule has 1 rings (SSSR count). The Balaban J connectivity index is 2.80. The molecule has 0 saturated carbocycles. The van der Waals surface area contributed by atoms with E-state index in [-0.39, 0.29) is 34.5 Å². The van der Waals surface area contributed by atoms with Crippen molar-refractivity contribution in [3.05, 3.63) is 23.2 Å². The first-order chi connectivity index (χ1) is 8.84. The summed E-state index contributed by atoms with van der Waals surface area (Å²) in [6.07, 6.45) is 2.44. The van der Waals surface area contributed by atoms with Crippen LogP contribution in [0.3, 0.4) is 0 Å². The summed E-state index contributed by atoms with van der Waals surface area (Å²) in [5, 5.41) is 11.5. The number of nitrogens with one attached hydrogen (secondary N) is 1. The molecule has 1 aromatic carbocycles. The summed E-state index contributed by atoms with van der Waals surface area (Å²) >= 11 is 5.90. The zero-order chi connectivity index (χ0) is 14.5. The van der Waals surface area contributed by atoms with Gasteiger partial charge in [0.1, 0.15) is 0 Å². The highest BCUT2D eigenvalue weighted by Gasteiger charge is 2.12. The maximum atomic E-state index is 11.6. The molecule has 0 aliphatic heterocycles. The van der Waals surface area contributed by atoms with Gasteiger partial charge in [0.05, 0.1) is 15.6 Å². The Kier molecular flexibility index (Phi) is 5.78. The van der Waals surface area contributed by atoms with Gasteiger partial charge in [-0.15, -0.1) is 0 Å². The van der Waals surface area contributed by atoms with Crippen LogP contribution >= 0.6 is 11.6 Å². The van der Waals surface area contributed by atoms with Gasteiger partial charge in [0.15, 0.2) is 9.84 Å². The Morgan fingerprint density at radius 1 is 1.37 bits per heavy atom. The van der Waals surface area contributed by atoms with E-state index in [0.717, 1.165) is 6.26 Å². The van der Waals surface area contributed by atoms with Crippen molar-refractivity contribution in [1.29, 1.82) is 0 Å². The fraction of sp³-hybridized carbons (Fsp3) is 0.417. The molecule has 106 valence electrons. The van der Waals surface area contributed by atoms with Crippen molar-refractivity contribution in [3.63, 3.8) is 0 Å². The van der Waals surface area contributed by atoms with Crippen LogP contribution in [-0.4, -0.2) is 32.3 Å². The molecule has 0 aliphatic carbocycles. The fourth-order valence-corrected chi connectivity index (χ4v) is 2.25. The standard InChI is InChI=1S/C12H16ClNO4S/c1-19(17,18)9-5-6-10(13)11(8-9)14-12(16)4-2-3-7-15/h5-6,8,15H,2-4,7H2,1H3,(H,14,16). The first-order valence-corrected chi connectivity index (χ1v) is 8.02. The van der Waals surface area contributed by atoms with Crippen LogP contribution in [0.1, 0.15) is 19.3 Å². The molecule has 0 radical (unpaired) electrons. The van der Waals surface area contributed by atoms with Crippen LogP contribution in [0.5, 0.6) is 0 Å². The molecule has 0 saturated heterocycles. The average Bonchev–Trinajstić information content (AvgIpc) is 2.31. The Morgan fingerprint density at radius 2 is 2.05 bits per heavy atom. The van der Waals surface area contributed by atoms with Crippen molar-refractivity contribution >= 4 is 33.0 Å². The molecule has 5 nitrogen and oxygen atoms in total. The van der Waals surface area contributed by atoms with E-state index in [1.165, 1.54) is 18.2 Å². The third-order valence-electron chi connectivity index (χ3n) is 2.45. The van der Waals surface area contributed by atoms with Crippen LogP contribution in [-0.2, 0) is 14.6 Å². The van der Waals surface area contributed by atoms with Gasteiger partial charge in [-0.1, -0.05) is 11.6 Å². The van der Waals surface area contributed by atoms with Crippen molar-refractivity contribution in [2.24, 2.45) is 0 Å². The molecule has 0 bridgehead atoms. The first-order valence-electron chi connectivity index (χ1n) is 5.75. The number of aliphatic hydroxyl groups is 1. The van der Waals surface area contributed by atoms with E-state index in [0.29, 0.717) is 12.8 Å². The maximum absolute atomic E-state index is 11.6. The van der Waals surface area contributed by atoms with E-state index >= 15 is 0 Å². The maximum Gasteiger partial charge on any atom is 0.224 e. The second-order valence-corrected chi connectivity index (χ2v) is 6.57. The SMILES string of the molecule is CS(=O)(=O)c1ccc(Cl)c(NC(=O)CCCCO)c1. The molecule has 19 heavy (non-hydrogen) atoms. The van der Waals surface area contributed by atoms with E-state index in [4.69, 9.17) is 16.7 Å². The van der Waals surface area contributed by atoms with Gasteiger partial charge in [-0.2, -0.15) is 0 Å². The van der Waals surface area contributed by atoms with Crippen LogP contribution in [0, 0.1) is 0 Å². The summed E-state index contributed by atoms with van der Waals surface area (Å²) in [6, 6.07) is 4.15. The number of benzene rings is 1. The molecule has 7 heteroatoms. The van der Waals surface area contributed by atoms with Gasteiger partial charge in [0.2, 0.25) is 5.91 Å². The van der Waals surface area contributed by atoms with E-state index in [9.17, 15) is 13.2 Å². The van der Waals surface area contributed by atoms with Crippen LogP contribution in [0.15, 0.2) is 23.1 Å². The highest BCUT2D eigenvalue weighted by atomic mass is 35.5. The Morgan fingerprint density at radius 3 is 2.63 bits per heavy atom. The third-order valence-corrected chi connectivity index (χ3v) is 3.89. The molecular formula is C12H16ClNO4S. The van der Waals surface area contributed by atoms with Gasteiger partial charge >= 0.3 is 0 Å². The summed E-state index contributed by atoms with van der Waals surface area (Å²) in [7, 11) is -3.34. The molecule has 0 spiro atoms. The monoisotopic (exact) mass is 305 g/mol. The average molecular weight is 306 g/mol. The summed E-state index contributed by atoms with van der Waals surface area (Å²) < 4.78 is 22.8.